The first-order chi connectivity index (χ1) is 9.85. The van der Waals surface area contributed by atoms with E-state index in [4.69, 9.17) is 0 Å². The number of hydrogen-bond donors (Lipinski definition) is 1. The Bertz CT molecular complexity index is 439. The van der Waals surface area contributed by atoms with Crippen LogP contribution in [0.25, 0.3) is 0 Å². The van der Waals surface area contributed by atoms with Gasteiger partial charge in [0.2, 0.25) is 0 Å². The number of nitrogens with zero attached hydrogens (tertiary/aromatic N) is 1. The summed E-state index contributed by atoms with van der Waals surface area (Å²) in [6.45, 7) is 8.21. The van der Waals surface area contributed by atoms with Crippen LogP contribution in [0.5, 0.6) is 0 Å². The van der Waals surface area contributed by atoms with Crippen molar-refractivity contribution in [1.29, 1.82) is 0 Å². The predicted octanol–water partition coefficient (Wildman–Crippen LogP) is 3.42. The summed E-state index contributed by atoms with van der Waals surface area (Å²) in [5.74, 6) is 0.895. The van der Waals surface area contributed by atoms with Crippen molar-refractivity contribution in [2.24, 2.45) is 5.92 Å². The lowest BCUT2D eigenvalue weighted by molar-refractivity contribution is 0.176. The highest BCUT2D eigenvalue weighted by atomic mass is 35.5. The van der Waals surface area contributed by atoms with Crippen LogP contribution in [0.4, 0.5) is 0 Å². The summed E-state index contributed by atoms with van der Waals surface area (Å²) in [5.41, 5.74) is 4.73. The fraction of sp³-hybridized carbons (Fsp3) is 0.667. The second-order valence-corrected chi connectivity index (χ2v) is 6.48. The van der Waals surface area contributed by atoms with Gasteiger partial charge in [-0.25, -0.2) is 0 Å². The van der Waals surface area contributed by atoms with Crippen molar-refractivity contribution in [2.75, 3.05) is 26.2 Å². The zero-order chi connectivity index (χ0) is 13.8. The van der Waals surface area contributed by atoms with E-state index in [1.807, 2.05) is 0 Å². The predicted molar refractivity (Wildman–Crippen MR) is 92.3 cm³/mol. The summed E-state index contributed by atoms with van der Waals surface area (Å²) < 4.78 is 0. The number of benzene rings is 1. The Labute approximate surface area is 135 Å². The molecule has 0 radical (unpaired) electrons. The van der Waals surface area contributed by atoms with Gasteiger partial charge in [-0.15, -0.1) is 12.4 Å². The van der Waals surface area contributed by atoms with E-state index in [-0.39, 0.29) is 12.4 Å². The lowest BCUT2D eigenvalue weighted by Crippen LogP contribution is -2.36. The smallest absolute Gasteiger partial charge is 0.0233 e. The van der Waals surface area contributed by atoms with E-state index < -0.39 is 0 Å². The standard InChI is InChI=1S/C18H28N2.ClH/c1-2-19-13-15-8-10-20(11-9-15)14-16-6-7-17-4-3-5-18(17)12-16;/h6-7,12,15,19H,2-5,8-11,13-14H2,1H3;1H. The number of halogens is 1. The molecule has 1 aromatic carbocycles. The van der Waals surface area contributed by atoms with Crippen molar-refractivity contribution in [1.82, 2.24) is 10.2 Å². The summed E-state index contributed by atoms with van der Waals surface area (Å²) >= 11 is 0. The third-order valence-corrected chi connectivity index (χ3v) is 4.96. The van der Waals surface area contributed by atoms with Gasteiger partial charge in [0.25, 0.3) is 0 Å². The molecule has 2 aliphatic rings. The second-order valence-electron chi connectivity index (χ2n) is 6.48. The Morgan fingerprint density at radius 1 is 1.14 bits per heavy atom. The van der Waals surface area contributed by atoms with Gasteiger partial charge in [0.1, 0.15) is 0 Å². The van der Waals surface area contributed by atoms with E-state index >= 15 is 0 Å². The van der Waals surface area contributed by atoms with Gasteiger partial charge >= 0.3 is 0 Å². The Morgan fingerprint density at radius 3 is 2.67 bits per heavy atom. The molecule has 0 spiro atoms. The maximum Gasteiger partial charge on any atom is 0.0233 e. The number of nitrogens with one attached hydrogen (secondary N) is 1. The van der Waals surface area contributed by atoms with Gasteiger partial charge in [-0.3, -0.25) is 4.90 Å². The zero-order valence-corrected chi connectivity index (χ0v) is 14.1. The fourth-order valence-electron chi connectivity index (χ4n) is 3.68. The van der Waals surface area contributed by atoms with Gasteiger partial charge in [-0.1, -0.05) is 25.1 Å². The van der Waals surface area contributed by atoms with E-state index in [9.17, 15) is 0 Å². The minimum atomic E-state index is 0. The number of piperidine rings is 1. The maximum absolute atomic E-state index is 3.49. The number of hydrogen-bond acceptors (Lipinski definition) is 2. The monoisotopic (exact) mass is 308 g/mol. The SMILES string of the molecule is CCNCC1CCN(Cc2ccc3c(c2)CCC3)CC1.Cl. The lowest BCUT2D eigenvalue weighted by Gasteiger charge is -2.32. The van der Waals surface area contributed by atoms with Gasteiger partial charge in [-0.2, -0.15) is 0 Å². The number of fused-ring (bicyclic) bond motifs is 1. The van der Waals surface area contributed by atoms with E-state index in [0.717, 1.165) is 19.0 Å². The molecule has 0 saturated carbocycles. The fourth-order valence-corrected chi connectivity index (χ4v) is 3.68. The van der Waals surface area contributed by atoms with Crippen molar-refractivity contribution < 1.29 is 0 Å². The molecule has 21 heavy (non-hydrogen) atoms. The summed E-state index contributed by atoms with van der Waals surface area (Å²) in [6, 6.07) is 7.19. The molecular formula is C18H29ClN2. The Kier molecular flexibility index (Phi) is 6.53. The molecule has 0 atom stereocenters. The molecule has 0 amide bonds. The summed E-state index contributed by atoms with van der Waals surface area (Å²) in [6.07, 6.45) is 6.67. The molecule has 0 unspecified atom stereocenters. The highest BCUT2D eigenvalue weighted by Crippen LogP contribution is 2.24. The average Bonchev–Trinajstić information content (AvgIpc) is 2.94. The van der Waals surface area contributed by atoms with Crippen LogP contribution < -0.4 is 5.32 Å². The van der Waals surface area contributed by atoms with Crippen molar-refractivity contribution in [3.05, 3.63) is 34.9 Å². The van der Waals surface area contributed by atoms with Crippen LogP contribution in [0.15, 0.2) is 18.2 Å². The third kappa shape index (κ3) is 4.45. The first kappa shape index (κ1) is 16.8. The molecule has 2 nitrogen and oxygen atoms in total. The third-order valence-electron chi connectivity index (χ3n) is 4.96. The molecule has 1 fully saturated rings. The molecule has 1 aliphatic heterocycles. The minimum absolute atomic E-state index is 0. The molecule has 0 aromatic heterocycles. The quantitative estimate of drug-likeness (QED) is 0.896. The highest BCUT2D eigenvalue weighted by Gasteiger charge is 2.19. The largest absolute Gasteiger partial charge is 0.317 e. The van der Waals surface area contributed by atoms with Crippen LogP contribution in [-0.4, -0.2) is 31.1 Å². The van der Waals surface area contributed by atoms with Crippen molar-refractivity contribution in [3.8, 4) is 0 Å². The van der Waals surface area contributed by atoms with Crippen molar-refractivity contribution in [3.63, 3.8) is 0 Å². The van der Waals surface area contributed by atoms with Gasteiger partial charge in [-0.05, 0) is 80.9 Å². The molecule has 1 N–H and O–H groups in total. The molecule has 3 heteroatoms. The van der Waals surface area contributed by atoms with Gasteiger partial charge in [0, 0.05) is 6.54 Å². The number of likely N-dealkylation sites (tertiary alicyclic amines) is 1. The molecule has 0 bridgehead atoms. The first-order valence-corrected chi connectivity index (χ1v) is 8.39. The second kappa shape index (κ2) is 8.17. The van der Waals surface area contributed by atoms with Gasteiger partial charge < -0.3 is 5.32 Å². The van der Waals surface area contributed by atoms with Crippen molar-refractivity contribution >= 4 is 12.4 Å². The van der Waals surface area contributed by atoms with Gasteiger partial charge in [0.05, 0.1) is 0 Å². The van der Waals surface area contributed by atoms with Crippen LogP contribution in [0.3, 0.4) is 0 Å². The maximum atomic E-state index is 3.49. The normalized spacial score (nSPS) is 19.3. The summed E-state index contributed by atoms with van der Waals surface area (Å²) in [7, 11) is 0. The van der Waals surface area contributed by atoms with Crippen LogP contribution in [0.2, 0.25) is 0 Å². The Balaban J connectivity index is 0.00000161. The van der Waals surface area contributed by atoms with Crippen LogP contribution in [-0.2, 0) is 19.4 Å². The minimum Gasteiger partial charge on any atom is -0.317 e. The topological polar surface area (TPSA) is 15.3 Å². The van der Waals surface area contributed by atoms with Crippen LogP contribution >= 0.6 is 12.4 Å². The molecule has 1 saturated heterocycles. The lowest BCUT2D eigenvalue weighted by atomic mass is 9.96. The van der Waals surface area contributed by atoms with Crippen LogP contribution in [0.1, 0.15) is 42.9 Å². The first-order valence-electron chi connectivity index (χ1n) is 8.39. The summed E-state index contributed by atoms with van der Waals surface area (Å²) in [4.78, 5) is 2.64. The Hall–Kier alpha value is -0.570. The number of rotatable bonds is 5. The Morgan fingerprint density at radius 2 is 1.90 bits per heavy atom. The van der Waals surface area contributed by atoms with Crippen LogP contribution in [0, 0.1) is 5.92 Å². The van der Waals surface area contributed by atoms with E-state index in [0.29, 0.717) is 0 Å². The summed E-state index contributed by atoms with van der Waals surface area (Å²) in [5, 5.41) is 3.49. The number of aryl methyl sites for hydroxylation is 2. The van der Waals surface area contributed by atoms with Gasteiger partial charge in [0.15, 0.2) is 0 Å². The zero-order valence-electron chi connectivity index (χ0n) is 13.2. The average molecular weight is 309 g/mol. The molecule has 1 heterocycles. The van der Waals surface area contributed by atoms with E-state index in [1.54, 1.807) is 11.1 Å². The molecule has 1 aromatic rings. The van der Waals surface area contributed by atoms with E-state index in [2.05, 4.69) is 35.3 Å². The highest BCUT2D eigenvalue weighted by molar-refractivity contribution is 5.85. The molecule has 1 aliphatic carbocycles. The van der Waals surface area contributed by atoms with E-state index in [1.165, 1.54) is 57.3 Å². The van der Waals surface area contributed by atoms with Crippen molar-refractivity contribution in [2.45, 2.75) is 45.6 Å². The molecular weight excluding hydrogens is 280 g/mol. The molecule has 3 rings (SSSR count). The molecule has 118 valence electrons.